The summed E-state index contributed by atoms with van der Waals surface area (Å²) in [6.07, 6.45) is 1.64. The lowest BCUT2D eigenvalue weighted by Crippen LogP contribution is -2.00. The lowest BCUT2D eigenvalue weighted by molar-refractivity contribution is -0.143. The molecule has 0 aliphatic carbocycles. The number of hydrogen-bond donors (Lipinski definition) is 8. The van der Waals surface area contributed by atoms with Crippen molar-refractivity contribution in [3.8, 4) is 11.8 Å². The second-order valence-electron chi connectivity index (χ2n) is 4.17. The fourth-order valence-electron chi connectivity index (χ4n) is 0.606. The van der Waals surface area contributed by atoms with E-state index in [0.717, 1.165) is 0 Å². The van der Waals surface area contributed by atoms with Crippen LogP contribution in [-0.2, 0) is 38.4 Å². The van der Waals surface area contributed by atoms with E-state index in [1.807, 2.05) is 0 Å². The van der Waals surface area contributed by atoms with Crippen molar-refractivity contribution in [3.05, 3.63) is 24.3 Å². The Morgan fingerprint density at radius 2 is 0.625 bits per heavy atom. The van der Waals surface area contributed by atoms with E-state index in [1.165, 1.54) is 11.8 Å². The third-order valence-corrected chi connectivity index (χ3v) is 1.57. The number of carboxylic acids is 8. The van der Waals surface area contributed by atoms with Crippen molar-refractivity contribution in [2.45, 2.75) is 12.8 Å². The number of carboxylic acid groups (broad SMARTS) is 8. The zero-order chi connectivity index (χ0) is 26.3. The van der Waals surface area contributed by atoms with Crippen LogP contribution in [0.15, 0.2) is 24.3 Å². The van der Waals surface area contributed by atoms with E-state index in [4.69, 9.17) is 40.9 Å². The molecule has 0 aromatic rings. The fourth-order valence-corrected chi connectivity index (χ4v) is 0.606. The van der Waals surface area contributed by atoms with Crippen molar-refractivity contribution in [2.24, 2.45) is 0 Å². The van der Waals surface area contributed by atoms with Gasteiger partial charge >= 0.3 is 47.8 Å². The van der Waals surface area contributed by atoms with Gasteiger partial charge in [0.2, 0.25) is 0 Å². The average Bonchev–Trinajstić information content (AvgIpc) is 2.63. The Morgan fingerprint density at radius 3 is 0.719 bits per heavy atom. The van der Waals surface area contributed by atoms with Crippen LogP contribution in [-0.4, -0.2) is 88.6 Å². The fraction of sp³-hybridized carbons (Fsp3) is 0.125. The molecule has 16 heteroatoms. The van der Waals surface area contributed by atoms with Crippen molar-refractivity contribution in [1.82, 2.24) is 0 Å². The molecule has 0 unspecified atom stereocenters. The Morgan fingerprint density at radius 1 is 0.438 bits per heavy atom. The molecule has 0 aliphatic heterocycles. The zero-order valence-corrected chi connectivity index (χ0v) is 15.6. The van der Waals surface area contributed by atoms with Crippen LogP contribution in [0.5, 0.6) is 0 Å². The Balaban J connectivity index is -0.000000163. The van der Waals surface area contributed by atoms with Gasteiger partial charge in [0, 0.05) is 36.1 Å². The molecule has 32 heavy (non-hydrogen) atoms. The highest BCUT2D eigenvalue weighted by Crippen LogP contribution is 1.86. The molecular formula is C16H16O16. The van der Waals surface area contributed by atoms with Crippen LogP contribution in [0.3, 0.4) is 0 Å². The first kappa shape index (κ1) is 34.3. The maximum atomic E-state index is 9.64. The van der Waals surface area contributed by atoms with Gasteiger partial charge in [-0.05, 0) is 0 Å². The third-order valence-electron chi connectivity index (χ3n) is 1.57. The average molecular weight is 468 g/mol. The van der Waals surface area contributed by atoms with E-state index < -0.39 is 47.8 Å². The van der Waals surface area contributed by atoms with Gasteiger partial charge in [-0.15, -0.1) is 0 Å². The van der Waals surface area contributed by atoms with Gasteiger partial charge in [-0.1, -0.05) is 0 Å². The van der Waals surface area contributed by atoms with Gasteiger partial charge in [-0.25, -0.2) is 28.8 Å². The predicted molar refractivity (Wildman–Crippen MR) is 96.4 cm³/mol. The molecule has 0 amide bonds. The van der Waals surface area contributed by atoms with Gasteiger partial charge in [0.05, 0.1) is 12.8 Å². The highest BCUT2D eigenvalue weighted by atomic mass is 16.5. The van der Waals surface area contributed by atoms with Crippen LogP contribution in [0.4, 0.5) is 0 Å². The molecule has 0 atom stereocenters. The topological polar surface area (TPSA) is 298 Å². The standard InChI is InChI=1S/C4H6O4.2C4H4O4.C4H2O4/c4*5-3(6)1-2-4(7)8/h1-2H2,(H,5,6)(H,7,8);2*1-2H,(H,5,6)(H,7,8);(H,5,6)(H,7,8)/b;2-1+;2-1-;/i4*3+1. The molecule has 0 spiro atoms. The number of aliphatic carboxylic acids is 8. The first-order valence-electron chi connectivity index (χ1n) is 7.20. The summed E-state index contributed by atoms with van der Waals surface area (Å²) >= 11 is 0. The molecule has 0 radical (unpaired) electrons. The maximum absolute atomic E-state index is 9.64. The SMILES string of the molecule is O=C(O)/C=C/[13C](=O)O.O=C(O)/C=C\[13C](=O)O.O=C(O)C#C[13C](=O)O.O=C(O)CC[13C](=O)O. The molecule has 0 fully saturated rings. The van der Waals surface area contributed by atoms with Crippen LogP contribution in [0, 0.1) is 11.8 Å². The van der Waals surface area contributed by atoms with Crippen LogP contribution < -0.4 is 0 Å². The highest BCUT2D eigenvalue weighted by Gasteiger charge is 2.00. The van der Waals surface area contributed by atoms with Crippen LogP contribution in [0.2, 0.25) is 0 Å². The first-order chi connectivity index (χ1) is 14.5. The number of hydrogen-bond acceptors (Lipinski definition) is 8. The molecule has 0 aromatic carbocycles. The van der Waals surface area contributed by atoms with Gasteiger partial charge in [0.1, 0.15) is 0 Å². The van der Waals surface area contributed by atoms with Gasteiger partial charge in [0.25, 0.3) is 0 Å². The van der Waals surface area contributed by atoms with Crippen molar-refractivity contribution in [3.63, 3.8) is 0 Å². The Hall–Kier alpha value is -5.20. The van der Waals surface area contributed by atoms with Gasteiger partial charge < -0.3 is 40.9 Å². The lowest BCUT2D eigenvalue weighted by atomic mass is 10.4. The summed E-state index contributed by atoms with van der Waals surface area (Å²) in [4.78, 5) is 76.4. The van der Waals surface area contributed by atoms with Crippen LogP contribution in [0.1, 0.15) is 12.8 Å². The van der Waals surface area contributed by atoms with E-state index in [-0.39, 0.29) is 12.8 Å². The van der Waals surface area contributed by atoms with E-state index in [2.05, 4.69) is 0 Å². The van der Waals surface area contributed by atoms with E-state index in [9.17, 15) is 38.4 Å². The zero-order valence-electron chi connectivity index (χ0n) is 15.6. The molecule has 0 bridgehead atoms. The Kier molecular flexibility index (Phi) is 23.7. The summed E-state index contributed by atoms with van der Waals surface area (Å²) in [6.45, 7) is 0. The molecule has 8 N–H and O–H groups in total. The molecule has 0 aliphatic rings. The van der Waals surface area contributed by atoms with Crippen molar-refractivity contribution in [2.75, 3.05) is 0 Å². The van der Waals surface area contributed by atoms with E-state index in [1.54, 1.807) is 0 Å². The second-order valence-corrected chi connectivity index (χ2v) is 4.17. The van der Waals surface area contributed by atoms with Crippen LogP contribution >= 0.6 is 0 Å². The lowest BCUT2D eigenvalue weighted by Gasteiger charge is -1.85. The van der Waals surface area contributed by atoms with Crippen molar-refractivity contribution in [1.29, 1.82) is 0 Å². The molecule has 0 rings (SSSR count). The summed E-state index contributed by atoms with van der Waals surface area (Å²) in [6, 6.07) is 0. The minimum Gasteiger partial charge on any atom is -0.481 e. The van der Waals surface area contributed by atoms with E-state index in [0.29, 0.717) is 24.3 Å². The van der Waals surface area contributed by atoms with Gasteiger partial charge in [-0.2, -0.15) is 0 Å². The normalized spacial score (nSPS) is 8.50. The van der Waals surface area contributed by atoms with Gasteiger partial charge in [0.15, 0.2) is 0 Å². The summed E-state index contributed by atoms with van der Waals surface area (Å²) < 4.78 is 0. The molecule has 16 nitrogen and oxygen atoms in total. The molecule has 176 valence electrons. The number of carbonyl (C=O) groups is 8. The summed E-state index contributed by atoms with van der Waals surface area (Å²) in [5.74, 6) is -7.23. The smallest absolute Gasteiger partial charge is 0.382 e. The van der Waals surface area contributed by atoms with Crippen LogP contribution in [0.25, 0.3) is 0 Å². The summed E-state index contributed by atoms with van der Waals surface area (Å²) in [5.41, 5.74) is 0. The minimum atomic E-state index is -1.44. The molecule has 0 saturated heterocycles. The monoisotopic (exact) mass is 468 g/mol. The van der Waals surface area contributed by atoms with Gasteiger partial charge in [-0.3, -0.25) is 9.59 Å². The molecule has 0 saturated carbocycles. The van der Waals surface area contributed by atoms with Crippen molar-refractivity contribution < 1.29 is 79.2 Å². The Labute approximate surface area is 176 Å². The van der Waals surface area contributed by atoms with Crippen molar-refractivity contribution >= 4 is 47.8 Å². The predicted octanol–water partition coefficient (Wildman–Crippen LogP) is -1.48. The van der Waals surface area contributed by atoms with E-state index >= 15 is 0 Å². The number of rotatable bonds is 7. The molecule has 0 heterocycles. The largest absolute Gasteiger partial charge is 0.481 e. The first-order valence-corrected chi connectivity index (χ1v) is 7.20. The Bertz CT molecular complexity index is 723. The second kappa shape index (κ2) is 22.1. The summed E-state index contributed by atoms with van der Waals surface area (Å²) in [5, 5.41) is 62.5. The molecule has 0 aromatic heterocycles. The highest BCUT2D eigenvalue weighted by molar-refractivity contribution is 5.96. The quantitative estimate of drug-likeness (QED) is 0.120. The minimum absolute atomic E-state index is 0.296. The maximum Gasteiger partial charge on any atom is 0.382 e. The summed E-state index contributed by atoms with van der Waals surface area (Å²) in [7, 11) is 0. The third kappa shape index (κ3) is 64.1. The molecular weight excluding hydrogens is 452 g/mol.